The number of esters is 1. The van der Waals surface area contributed by atoms with Crippen LogP contribution in [0.5, 0.6) is 0 Å². The van der Waals surface area contributed by atoms with Gasteiger partial charge in [-0.05, 0) is 53.9 Å². The van der Waals surface area contributed by atoms with Crippen LogP contribution in [-0.2, 0) is 9.53 Å². The molecule has 1 rings (SSSR count). The molecule has 0 aromatic heterocycles. The van der Waals surface area contributed by atoms with Crippen LogP contribution < -0.4 is 5.32 Å². The molecule has 1 saturated heterocycles. The first kappa shape index (κ1) is 17.4. The van der Waals surface area contributed by atoms with Crippen molar-refractivity contribution in [2.24, 2.45) is 0 Å². The summed E-state index contributed by atoms with van der Waals surface area (Å²) in [6.07, 6.45) is 2.25. The Kier molecular flexibility index (Phi) is 6.92. The predicted octanol–water partition coefficient (Wildman–Crippen LogP) is 0.944. The van der Waals surface area contributed by atoms with E-state index in [1.54, 1.807) is 0 Å². The predicted molar refractivity (Wildman–Crippen MR) is 81.9 cm³/mol. The van der Waals surface area contributed by atoms with Crippen LogP contribution >= 0.6 is 0 Å². The molecule has 1 heterocycles. The van der Waals surface area contributed by atoms with Crippen molar-refractivity contribution in [1.29, 1.82) is 0 Å². The number of rotatable bonds is 6. The van der Waals surface area contributed by atoms with Crippen LogP contribution in [0.15, 0.2) is 0 Å². The quantitative estimate of drug-likeness (QED) is 0.736. The van der Waals surface area contributed by atoms with E-state index in [4.69, 9.17) is 4.74 Å². The second-order valence-corrected chi connectivity index (χ2v) is 5.95. The van der Waals surface area contributed by atoms with Gasteiger partial charge in [-0.2, -0.15) is 0 Å². The van der Waals surface area contributed by atoms with E-state index in [2.05, 4.69) is 29.1 Å². The average Bonchev–Trinajstić information content (AvgIpc) is 2.60. The van der Waals surface area contributed by atoms with Crippen LogP contribution in [0.25, 0.3) is 0 Å². The molecule has 0 spiro atoms. The van der Waals surface area contributed by atoms with Crippen molar-refractivity contribution in [3.8, 4) is 0 Å². The fourth-order valence-electron chi connectivity index (χ4n) is 2.83. The number of nitrogens with zero attached hydrogens (tertiary/aromatic N) is 2. The summed E-state index contributed by atoms with van der Waals surface area (Å²) in [6, 6.07) is 0.504. The molecule has 2 unspecified atom stereocenters. The van der Waals surface area contributed by atoms with E-state index in [0.717, 1.165) is 32.5 Å². The second-order valence-electron chi connectivity index (χ2n) is 5.95. The SMILES string of the molecule is CCOC(=O)C(C)(CN1CCCN(C)CC1CC)NC. The van der Waals surface area contributed by atoms with Gasteiger partial charge >= 0.3 is 5.97 Å². The molecule has 1 aliphatic heterocycles. The number of ether oxygens (including phenoxy) is 1. The highest BCUT2D eigenvalue weighted by atomic mass is 16.5. The van der Waals surface area contributed by atoms with Gasteiger partial charge in [0.1, 0.15) is 5.54 Å². The van der Waals surface area contributed by atoms with Gasteiger partial charge in [0.2, 0.25) is 0 Å². The molecule has 118 valence electrons. The monoisotopic (exact) mass is 285 g/mol. The molecule has 0 aromatic carbocycles. The molecule has 1 N–H and O–H groups in total. The minimum Gasteiger partial charge on any atom is -0.465 e. The zero-order valence-electron chi connectivity index (χ0n) is 13.7. The van der Waals surface area contributed by atoms with Gasteiger partial charge in [0.15, 0.2) is 0 Å². The summed E-state index contributed by atoms with van der Waals surface area (Å²) in [5.41, 5.74) is -0.633. The van der Waals surface area contributed by atoms with Gasteiger partial charge in [-0.25, -0.2) is 0 Å². The topological polar surface area (TPSA) is 44.8 Å². The number of carbonyl (C=O) groups excluding carboxylic acids is 1. The lowest BCUT2D eigenvalue weighted by molar-refractivity contribution is -0.151. The van der Waals surface area contributed by atoms with Crippen molar-refractivity contribution in [3.63, 3.8) is 0 Å². The van der Waals surface area contributed by atoms with Crippen LogP contribution in [0.4, 0.5) is 0 Å². The summed E-state index contributed by atoms with van der Waals surface area (Å²) in [5, 5.41) is 3.16. The van der Waals surface area contributed by atoms with Crippen molar-refractivity contribution in [2.75, 3.05) is 46.9 Å². The van der Waals surface area contributed by atoms with E-state index in [1.165, 1.54) is 0 Å². The maximum Gasteiger partial charge on any atom is 0.327 e. The minimum absolute atomic E-state index is 0.157. The number of hydrogen-bond acceptors (Lipinski definition) is 5. The lowest BCUT2D eigenvalue weighted by Gasteiger charge is -2.37. The van der Waals surface area contributed by atoms with Gasteiger partial charge in [0.25, 0.3) is 0 Å². The molecule has 0 aliphatic carbocycles. The first-order valence-electron chi connectivity index (χ1n) is 7.75. The van der Waals surface area contributed by atoms with Crippen LogP contribution in [0.3, 0.4) is 0 Å². The molecule has 0 aromatic rings. The lowest BCUT2D eigenvalue weighted by atomic mass is 10.00. The number of carbonyl (C=O) groups is 1. The van der Waals surface area contributed by atoms with E-state index >= 15 is 0 Å². The van der Waals surface area contributed by atoms with Crippen molar-refractivity contribution in [3.05, 3.63) is 0 Å². The average molecular weight is 285 g/mol. The highest BCUT2D eigenvalue weighted by molar-refractivity contribution is 5.80. The van der Waals surface area contributed by atoms with Gasteiger partial charge in [-0.15, -0.1) is 0 Å². The Balaban J connectivity index is 2.77. The highest BCUT2D eigenvalue weighted by Crippen LogP contribution is 2.17. The van der Waals surface area contributed by atoms with Gasteiger partial charge < -0.3 is 15.0 Å². The molecule has 5 nitrogen and oxygen atoms in total. The van der Waals surface area contributed by atoms with E-state index in [9.17, 15) is 4.79 Å². The number of nitrogens with one attached hydrogen (secondary N) is 1. The molecule has 1 aliphatic rings. The summed E-state index contributed by atoms with van der Waals surface area (Å²) in [6.45, 7) is 10.4. The summed E-state index contributed by atoms with van der Waals surface area (Å²) in [7, 11) is 4.01. The van der Waals surface area contributed by atoms with Crippen molar-refractivity contribution >= 4 is 5.97 Å². The van der Waals surface area contributed by atoms with Gasteiger partial charge in [-0.3, -0.25) is 9.69 Å². The molecule has 0 amide bonds. The molecular weight excluding hydrogens is 254 g/mol. The van der Waals surface area contributed by atoms with Crippen LogP contribution in [0, 0.1) is 0 Å². The Bertz CT molecular complexity index is 311. The summed E-state index contributed by atoms with van der Waals surface area (Å²) in [4.78, 5) is 17.0. The Morgan fingerprint density at radius 1 is 1.40 bits per heavy atom. The molecule has 0 bridgehead atoms. The maximum atomic E-state index is 12.2. The number of likely N-dealkylation sites (N-methyl/N-ethyl adjacent to an activating group) is 2. The summed E-state index contributed by atoms with van der Waals surface area (Å²) in [5.74, 6) is -0.157. The molecule has 2 atom stereocenters. The molecule has 0 radical (unpaired) electrons. The van der Waals surface area contributed by atoms with Gasteiger partial charge in [-0.1, -0.05) is 6.92 Å². The summed E-state index contributed by atoms with van der Waals surface area (Å²) >= 11 is 0. The van der Waals surface area contributed by atoms with E-state index in [0.29, 0.717) is 19.2 Å². The Labute approximate surface area is 123 Å². The first-order chi connectivity index (χ1) is 9.46. The second kappa shape index (κ2) is 7.96. The van der Waals surface area contributed by atoms with Gasteiger partial charge in [0.05, 0.1) is 6.61 Å². The molecule has 20 heavy (non-hydrogen) atoms. The third kappa shape index (κ3) is 4.43. The molecule has 0 saturated carbocycles. The number of hydrogen-bond donors (Lipinski definition) is 1. The zero-order valence-corrected chi connectivity index (χ0v) is 13.7. The Hall–Kier alpha value is -0.650. The molecule has 1 fully saturated rings. The highest BCUT2D eigenvalue weighted by Gasteiger charge is 2.37. The largest absolute Gasteiger partial charge is 0.465 e. The van der Waals surface area contributed by atoms with Crippen molar-refractivity contribution in [2.45, 2.75) is 45.2 Å². The van der Waals surface area contributed by atoms with Crippen LogP contribution in [0.2, 0.25) is 0 Å². The standard InChI is InChI=1S/C15H31N3O2/c1-6-13-11-17(5)9-8-10-18(13)12-15(3,16-4)14(19)20-7-2/h13,16H,6-12H2,1-5H3. The van der Waals surface area contributed by atoms with E-state index in [-0.39, 0.29) is 5.97 Å². The summed E-state index contributed by atoms with van der Waals surface area (Å²) < 4.78 is 5.22. The zero-order chi connectivity index (χ0) is 15.2. The van der Waals surface area contributed by atoms with Gasteiger partial charge in [0, 0.05) is 19.1 Å². The van der Waals surface area contributed by atoms with Crippen molar-refractivity contribution < 1.29 is 9.53 Å². The fourth-order valence-corrected chi connectivity index (χ4v) is 2.83. The third-order valence-corrected chi connectivity index (χ3v) is 4.29. The smallest absolute Gasteiger partial charge is 0.327 e. The van der Waals surface area contributed by atoms with Crippen molar-refractivity contribution in [1.82, 2.24) is 15.1 Å². The fraction of sp³-hybridized carbons (Fsp3) is 0.933. The van der Waals surface area contributed by atoms with Crippen LogP contribution in [-0.4, -0.2) is 74.2 Å². The first-order valence-corrected chi connectivity index (χ1v) is 7.75. The lowest BCUT2D eigenvalue weighted by Crippen LogP contribution is -2.58. The third-order valence-electron chi connectivity index (χ3n) is 4.29. The molecule has 5 heteroatoms. The van der Waals surface area contributed by atoms with Crippen LogP contribution in [0.1, 0.15) is 33.6 Å². The maximum absolute atomic E-state index is 12.2. The van der Waals surface area contributed by atoms with E-state index in [1.807, 2.05) is 20.9 Å². The minimum atomic E-state index is -0.633. The Morgan fingerprint density at radius 3 is 2.65 bits per heavy atom. The Morgan fingerprint density at radius 2 is 2.10 bits per heavy atom. The normalized spacial score (nSPS) is 24.9. The van der Waals surface area contributed by atoms with E-state index < -0.39 is 5.54 Å². The molecular formula is C15H31N3O2.